The highest BCUT2D eigenvalue weighted by Crippen LogP contribution is 2.30. The van der Waals surface area contributed by atoms with Crippen molar-refractivity contribution in [1.29, 1.82) is 0 Å². The molecule has 1 atom stereocenters. The van der Waals surface area contributed by atoms with E-state index < -0.39 is 0 Å². The quantitative estimate of drug-likeness (QED) is 0.682. The predicted molar refractivity (Wildman–Crippen MR) is 84.0 cm³/mol. The SMILES string of the molecule is COC(=O)C1CCCN(c2c(C)cccc2C(N)=S)C1. The minimum atomic E-state index is -0.139. The van der Waals surface area contributed by atoms with Gasteiger partial charge in [0.15, 0.2) is 0 Å². The Morgan fingerprint density at radius 2 is 2.25 bits per heavy atom. The maximum atomic E-state index is 11.7. The third-order valence-electron chi connectivity index (χ3n) is 3.78. The molecule has 1 aromatic rings. The topological polar surface area (TPSA) is 55.6 Å². The fourth-order valence-corrected chi connectivity index (χ4v) is 2.98. The first kappa shape index (κ1) is 14.8. The number of esters is 1. The van der Waals surface area contributed by atoms with Gasteiger partial charge in [0.2, 0.25) is 0 Å². The van der Waals surface area contributed by atoms with Gasteiger partial charge >= 0.3 is 5.97 Å². The van der Waals surface area contributed by atoms with Gasteiger partial charge in [0.25, 0.3) is 0 Å². The average molecular weight is 292 g/mol. The molecule has 0 spiro atoms. The van der Waals surface area contributed by atoms with Crippen molar-refractivity contribution in [2.75, 3.05) is 25.1 Å². The highest BCUT2D eigenvalue weighted by molar-refractivity contribution is 7.80. The fourth-order valence-electron chi connectivity index (χ4n) is 2.82. The molecule has 2 rings (SSSR count). The normalized spacial score (nSPS) is 18.7. The minimum Gasteiger partial charge on any atom is -0.469 e. The number of thiocarbonyl (C=S) groups is 1. The Bertz CT molecular complexity index is 531. The summed E-state index contributed by atoms with van der Waals surface area (Å²) in [6.45, 7) is 3.61. The number of carbonyl (C=O) groups is 1. The summed E-state index contributed by atoms with van der Waals surface area (Å²) >= 11 is 5.14. The molecule has 5 heteroatoms. The van der Waals surface area contributed by atoms with Crippen molar-refractivity contribution in [2.45, 2.75) is 19.8 Å². The minimum absolute atomic E-state index is 0.0763. The van der Waals surface area contributed by atoms with E-state index in [1.54, 1.807) is 0 Å². The molecule has 1 aliphatic heterocycles. The lowest BCUT2D eigenvalue weighted by Crippen LogP contribution is -2.40. The smallest absolute Gasteiger partial charge is 0.310 e. The van der Waals surface area contributed by atoms with Crippen LogP contribution in [0.25, 0.3) is 0 Å². The summed E-state index contributed by atoms with van der Waals surface area (Å²) in [6, 6.07) is 5.93. The lowest BCUT2D eigenvalue weighted by molar-refractivity contribution is -0.145. The lowest BCUT2D eigenvalue weighted by Gasteiger charge is -2.35. The van der Waals surface area contributed by atoms with Crippen LogP contribution < -0.4 is 10.6 Å². The van der Waals surface area contributed by atoms with Gasteiger partial charge < -0.3 is 15.4 Å². The highest BCUT2D eigenvalue weighted by Gasteiger charge is 2.28. The van der Waals surface area contributed by atoms with Crippen molar-refractivity contribution in [3.8, 4) is 0 Å². The van der Waals surface area contributed by atoms with Gasteiger partial charge in [-0.3, -0.25) is 4.79 Å². The van der Waals surface area contributed by atoms with Crippen molar-refractivity contribution in [3.05, 3.63) is 29.3 Å². The number of rotatable bonds is 3. The number of piperidine rings is 1. The summed E-state index contributed by atoms with van der Waals surface area (Å²) in [5.41, 5.74) is 8.88. The Balaban J connectivity index is 2.31. The molecule has 0 amide bonds. The monoisotopic (exact) mass is 292 g/mol. The van der Waals surface area contributed by atoms with Crippen LogP contribution in [0.2, 0.25) is 0 Å². The molecule has 1 fully saturated rings. The zero-order valence-electron chi connectivity index (χ0n) is 11.9. The molecule has 4 nitrogen and oxygen atoms in total. The summed E-state index contributed by atoms with van der Waals surface area (Å²) in [4.78, 5) is 14.3. The second-order valence-electron chi connectivity index (χ2n) is 5.14. The van der Waals surface area contributed by atoms with E-state index in [1.807, 2.05) is 25.1 Å². The van der Waals surface area contributed by atoms with E-state index in [9.17, 15) is 4.79 Å². The predicted octanol–water partition coefficient (Wildman–Crippen LogP) is 2.02. The molecule has 0 bridgehead atoms. The van der Waals surface area contributed by atoms with Crippen molar-refractivity contribution < 1.29 is 9.53 Å². The van der Waals surface area contributed by atoms with Crippen molar-refractivity contribution >= 4 is 28.9 Å². The van der Waals surface area contributed by atoms with Crippen molar-refractivity contribution in [3.63, 3.8) is 0 Å². The summed E-state index contributed by atoms with van der Waals surface area (Å²) in [5.74, 6) is -0.215. The number of para-hydroxylation sites is 1. The third-order valence-corrected chi connectivity index (χ3v) is 4.00. The second kappa shape index (κ2) is 6.22. The highest BCUT2D eigenvalue weighted by atomic mass is 32.1. The zero-order chi connectivity index (χ0) is 14.7. The molecule has 1 aromatic carbocycles. The molecule has 0 radical (unpaired) electrons. The van der Waals surface area contributed by atoms with Gasteiger partial charge in [-0.25, -0.2) is 0 Å². The molecule has 0 aliphatic carbocycles. The van der Waals surface area contributed by atoms with Crippen LogP contribution in [-0.4, -0.2) is 31.2 Å². The van der Waals surface area contributed by atoms with Crippen LogP contribution in [0.3, 0.4) is 0 Å². The van der Waals surface area contributed by atoms with Gasteiger partial charge in [0.1, 0.15) is 4.99 Å². The molecule has 0 saturated carbocycles. The van der Waals surface area contributed by atoms with E-state index in [4.69, 9.17) is 22.7 Å². The number of nitrogens with zero attached hydrogens (tertiary/aromatic N) is 1. The Labute approximate surface area is 124 Å². The summed E-state index contributed by atoms with van der Waals surface area (Å²) < 4.78 is 4.87. The Morgan fingerprint density at radius 1 is 1.50 bits per heavy atom. The first-order valence-corrected chi connectivity index (χ1v) is 7.17. The number of benzene rings is 1. The third kappa shape index (κ3) is 2.93. The van der Waals surface area contributed by atoms with Crippen molar-refractivity contribution in [1.82, 2.24) is 0 Å². The van der Waals surface area contributed by atoms with Crippen LogP contribution in [0.15, 0.2) is 18.2 Å². The van der Waals surface area contributed by atoms with Gasteiger partial charge in [0.05, 0.1) is 13.0 Å². The second-order valence-corrected chi connectivity index (χ2v) is 5.58. The van der Waals surface area contributed by atoms with E-state index >= 15 is 0 Å². The number of anilines is 1. The number of hydrogen-bond donors (Lipinski definition) is 1. The molecule has 1 unspecified atom stereocenters. The fraction of sp³-hybridized carbons (Fsp3) is 0.467. The first-order valence-electron chi connectivity index (χ1n) is 6.76. The molecule has 1 saturated heterocycles. The van der Waals surface area contributed by atoms with E-state index in [1.165, 1.54) is 7.11 Å². The van der Waals surface area contributed by atoms with Crippen LogP contribution in [0.5, 0.6) is 0 Å². The number of hydrogen-bond acceptors (Lipinski definition) is 4. The molecular weight excluding hydrogens is 272 g/mol. The molecule has 20 heavy (non-hydrogen) atoms. The molecule has 2 N–H and O–H groups in total. The van der Waals surface area contributed by atoms with Crippen LogP contribution in [0.1, 0.15) is 24.0 Å². The first-order chi connectivity index (χ1) is 9.54. The molecule has 108 valence electrons. The van der Waals surface area contributed by atoms with Gasteiger partial charge in [-0.2, -0.15) is 0 Å². The van der Waals surface area contributed by atoms with Crippen LogP contribution in [0.4, 0.5) is 5.69 Å². The molecular formula is C15H20N2O2S. The maximum Gasteiger partial charge on any atom is 0.310 e. The number of methoxy groups -OCH3 is 1. The average Bonchev–Trinajstić information content (AvgIpc) is 2.46. The standard InChI is InChI=1S/C15H20N2O2S/c1-10-5-3-7-12(14(16)20)13(10)17-8-4-6-11(9-17)15(18)19-2/h3,5,7,11H,4,6,8-9H2,1-2H3,(H2,16,20). The maximum absolute atomic E-state index is 11.7. The summed E-state index contributed by atoms with van der Waals surface area (Å²) in [7, 11) is 1.44. The van der Waals surface area contributed by atoms with Gasteiger partial charge in [-0.1, -0.05) is 24.4 Å². The summed E-state index contributed by atoms with van der Waals surface area (Å²) in [6.07, 6.45) is 1.84. The summed E-state index contributed by atoms with van der Waals surface area (Å²) in [5, 5.41) is 0. The number of nitrogens with two attached hydrogens (primary N) is 1. The molecule has 1 aliphatic rings. The molecule has 1 heterocycles. The van der Waals surface area contributed by atoms with E-state index in [2.05, 4.69) is 4.90 Å². The van der Waals surface area contributed by atoms with E-state index in [-0.39, 0.29) is 11.9 Å². The Kier molecular flexibility index (Phi) is 4.60. The number of ether oxygens (including phenoxy) is 1. The van der Waals surface area contributed by atoms with Gasteiger partial charge in [0, 0.05) is 24.3 Å². The van der Waals surface area contributed by atoms with E-state index in [0.717, 1.165) is 36.2 Å². The van der Waals surface area contributed by atoms with Crippen LogP contribution >= 0.6 is 12.2 Å². The van der Waals surface area contributed by atoms with Crippen molar-refractivity contribution in [2.24, 2.45) is 11.7 Å². The number of carbonyl (C=O) groups excluding carboxylic acids is 1. The largest absolute Gasteiger partial charge is 0.469 e. The van der Waals surface area contributed by atoms with Gasteiger partial charge in [-0.05, 0) is 31.4 Å². The van der Waals surface area contributed by atoms with E-state index in [0.29, 0.717) is 11.5 Å². The lowest BCUT2D eigenvalue weighted by atomic mass is 9.96. The molecule has 0 aromatic heterocycles. The number of aryl methyl sites for hydroxylation is 1. The van der Waals surface area contributed by atoms with Crippen LogP contribution in [0, 0.1) is 12.8 Å². The van der Waals surface area contributed by atoms with Crippen LogP contribution in [-0.2, 0) is 9.53 Å². The zero-order valence-corrected chi connectivity index (χ0v) is 12.7. The Hall–Kier alpha value is -1.62. The Morgan fingerprint density at radius 3 is 2.90 bits per heavy atom. The van der Waals surface area contributed by atoms with Gasteiger partial charge in [-0.15, -0.1) is 0 Å².